The highest BCUT2D eigenvalue weighted by Gasteiger charge is 2.46. The van der Waals surface area contributed by atoms with Crippen LogP contribution in [0.1, 0.15) is 12.8 Å². The molecule has 1 fully saturated rings. The van der Waals surface area contributed by atoms with Gasteiger partial charge < -0.3 is 9.84 Å². The second kappa shape index (κ2) is 2.29. The van der Waals surface area contributed by atoms with Crippen LogP contribution in [0.15, 0.2) is 11.6 Å². The molecule has 0 bridgehead atoms. The molecule has 12 heavy (non-hydrogen) atoms. The number of ketones is 1. The van der Waals surface area contributed by atoms with E-state index in [2.05, 4.69) is 0 Å². The quantitative estimate of drug-likeness (QED) is 0.595. The topological polar surface area (TPSA) is 46.5 Å². The Balaban J connectivity index is 2.25. The summed E-state index contributed by atoms with van der Waals surface area (Å²) in [4.78, 5) is 11.0. The van der Waals surface area contributed by atoms with Crippen molar-refractivity contribution in [1.29, 1.82) is 0 Å². The smallest absolute Gasteiger partial charge is 0.203 e. The molecule has 0 radical (unpaired) electrons. The summed E-state index contributed by atoms with van der Waals surface area (Å²) < 4.78 is 17.7. The number of allylic oxidation sites excluding steroid dienone is 2. The number of carbonyl (C=O) groups is 1. The molecule has 1 heterocycles. The molecule has 0 aromatic rings. The Hall–Kier alpha value is -0.900. The fraction of sp³-hybridized carbons (Fsp3) is 0.625. The van der Waals surface area contributed by atoms with Gasteiger partial charge in [-0.1, -0.05) is 0 Å². The highest BCUT2D eigenvalue weighted by atomic mass is 19.1. The lowest BCUT2D eigenvalue weighted by atomic mass is 9.74. The number of hydrogen-bond donors (Lipinski definition) is 1. The van der Waals surface area contributed by atoms with E-state index in [1.165, 1.54) is 0 Å². The van der Waals surface area contributed by atoms with Gasteiger partial charge in [0.25, 0.3) is 0 Å². The minimum atomic E-state index is -0.965. The zero-order chi connectivity index (χ0) is 8.77. The molecule has 4 heteroatoms. The molecule has 3 nitrogen and oxygen atoms in total. The minimum Gasteiger partial charge on any atom is -0.509 e. The molecule has 0 atom stereocenters. The number of ether oxygens (including phenoxy) is 1. The van der Waals surface area contributed by atoms with Crippen LogP contribution >= 0.6 is 0 Å². The Bertz CT molecular complexity index is 265. The largest absolute Gasteiger partial charge is 0.509 e. The van der Waals surface area contributed by atoms with E-state index in [0.29, 0.717) is 13.2 Å². The van der Waals surface area contributed by atoms with E-state index < -0.39 is 17.4 Å². The third kappa shape index (κ3) is 0.948. The van der Waals surface area contributed by atoms with Crippen molar-refractivity contribution in [3.63, 3.8) is 0 Å². The average Bonchev–Trinajstić information content (AvgIpc) is 1.96. The second-order valence-electron chi connectivity index (χ2n) is 3.53. The van der Waals surface area contributed by atoms with E-state index in [4.69, 9.17) is 9.84 Å². The fourth-order valence-electron chi connectivity index (χ4n) is 1.67. The van der Waals surface area contributed by atoms with Crippen molar-refractivity contribution >= 4 is 5.78 Å². The van der Waals surface area contributed by atoms with Crippen molar-refractivity contribution in [2.45, 2.75) is 12.8 Å². The number of hydrogen-bond acceptors (Lipinski definition) is 3. The lowest BCUT2D eigenvalue weighted by molar-refractivity contribution is -0.145. The summed E-state index contributed by atoms with van der Waals surface area (Å²) >= 11 is 0. The molecule has 1 aliphatic heterocycles. The average molecular weight is 172 g/mol. The van der Waals surface area contributed by atoms with E-state index in [-0.39, 0.29) is 18.3 Å². The Labute approximate surface area is 68.8 Å². The van der Waals surface area contributed by atoms with E-state index >= 15 is 0 Å². The van der Waals surface area contributed by atoms with Crippen molar-refractivity contribution in [2.75, 3.05) is 13.2 Å². The van der Waals surface area contributed by atoms with Crippen LogP contribution in [0.25, 0.3) is 0 Å². The Morgan fingerprint density at radius 3 is 2.50 bits per heavy atom. The number of halogens is 1. The van der Waals surface area contributed by atoms with Gasteiger partial charge in [-0.2, -0.15) is 4.39 Å². The number of Topliss-reactive ketones (excluding diaryl/α,β-unsaturated/α-hetero) is 1. The molecule has 66 valence electrons. The van der Waals surface area contributed by atoms with Gasteiger partial charge in [-0.25, -0.2) is 0 Å². The van der Waals surface area contributed by atoms with Crippen LogP contribution in [-0.4, -0.2) is 24.1 Å². The number of carbonyl (C=O) groups excluding carboxylic acids is 1. The first-order chi connectivity index (χ1) is 5.63. The van der Waals surface area contributed by atoms with Gasteiger partial charge >= 0.3 is 0 Å². The molecule has 1 N–H and O–H groups in total. The Kier molecular flexibility index (Phi) is 1.48. The lowest BCUT2D eigenvalue weighted by Gasteiger charge is -2.42. The van der Waals surface area contributed by atoms with Gasteiger partial charge in [-0.3, -0.25) is 4.79 Å². The predicted molar refractivity (Wildman–Crippen MR) is 38.3 cm³/mol. The summed E-state index contributed by atoms with van der Waals surface area (Å²) in [7, 11) is 0. The summed E-state index contributed by atoms with van der Waals surface area (Å²) in [6.07, 6.45) is 0.410. The number of aliphatic hydroxyl groups is 1. The molecule has 2 rings (SSSR count). The first-order valence-electron chi connectivity index (χ1n) is 3.82. The summed E-state index contributed by atoms with van der Waals surface area (Å²) in [5.74, 6) is -1.97. The zero-order valence-electron chi connectivity index (χ0n) is 6.47. The van der Waals surface area contributed by atoms with E-state index in [1.54, 1.807) is 0 Å². The van der Waals surface area contributed by atoms with Crippen molar-refractivity contribution in [3.05, 3.63) is 11.6 Å². The lowest BCUT2D eigenvalue weighted by Crippen LogP contribution is -2.46. The predicted octanol–water partition coefficient (Wildman–Crippen LogP) is 1.10. The molecule has 0 amide bonds. The summed E-state index contributed by atoms with van der Waals surface area (Å²) in [6, 6.07) is 0. The highest BCUT2D eigenvalue weighted by molar-refractivity contribution is 5.95. The second-order valence-corrected chi connectivity index (χ2v) is 3.53. The summed E-state index contributed by atoms with van der Waals surface area (Å²) in [5, 5.41) is 9.08. The van der Waals surface area contributed by atoms with Crippen molar-refractivity contribution in [3.8, 4) is 0 Å². The van der Waals surface area contributed by atoms with Crippen LogP contribution < -0.4 is 0 Å². The molecule has 0 aromatic heterocycles. The van der Waals surface area contributed by atoms with Gasteiger partial charge in [0.15, 0.2) is 5.78 Å². The number of aliphatic hydroxyl groups excluding tert-OH is 1. The Morgan fingerprint density at radius 1 is 1.42 bits per heavy atom. The maximum atomic E-state index is 12.7. The molecule has 0 saturated carbocycles. The third-order valence-electron chi connectivity index (χ3n) is 2.39. The highest BCUT2D eigenvalue weighted by Crippen LogP contribution is 2.42. The Morgan fingerprint density at radius 2 is 2.08 bits per heavy atom. The van der Waals surface area contributed by atoms with E-state index in [0.717, 1.165) is 0 Å². The van der Waals surface area contributed by atoms with Crippen molar-refractivity contribution < 1.29 is 19.0 Å². The third-order valence-corrected chi connectivity index (χ3v) is 2.39. The van der Waals surface area contributed by atoms with Crippen LogP contribution in [0.2, 0.25) is 0 Å². The van der Waals surface area contributed by atoms with Gasteiger partial charge in [0.1, 0.15) is 5.76 Å². The SMILES string of the molecule is O=C1CC2(COC2)CC(O)=C1F. The van der Waals surface area contributed by atoms with Crippen molar-refractivity contribution in [1.82, 2.24) is 0 Å². The zero-order valence-corrected chi connectivity index (χ0v) is 6.47. The van der Waals surface area contributed by atoms with Crippen LogP contribution in [-0.2, 0) is 9.53 Å². The summed E-state index contributed by atoms with van der Waals surface area (Å²) in [5.41, 5.74) is -0.295. The summed E-state index contributed by atoms with van der Waals surface area (Å²) in [6.45, 7) is 0.909. The molecule has 0 aromatic carbocycles. The van der Waals surface area contributed by atoms with Gasteiger partial charge in [0.2, 0.25) is 5.83 Å². The van der Waals surface area contributed by atoms with Gasteiger partial charge in [-0.05, 0) is 0 Å². The molecule has 2 aliphatic rings. The molecular formula is C8H9FO3. The van der Waals surface area contributed by atoms with E-state index in [9.17, 15) is 9.18 Å². The molecule has 1 spiro atoms. The molecule has 1 saturated heterocycles. The van der Waals surface area contributed by atoms with Crippen LogP contribution in [0.5, 0.6) is 0 Å². The molecular weight excluding hydrogens is 163 g/mol. The molecule has 0 unspecified atom stereocenters. The van der Waals surface area contributed by atoms with E-state index in [1.807, 2.05) is 0 Å². The van der Waals surface area contributed by atoms with Crippen LogP contribution in [0.3, 0.4) is 0 Å². The van der Waals surface area contributed by atoms with Crippen LogP contribution in [0.4, 0.5) is 4.39 Å². The first-order valence-corrected chi connectivity index (χ1v) is 3.82. The maximum Gasteiger partial charge on any atom is 0.203 e. The molecule has 1 aliphatic carbocycles. The van der Waals surface area contributed by atoms with Crippen molar-refractivity contribution in [2.24, 2.45) is 5.41 Å². The monoisotopic (exact) mass is 172 g/mol. The maximum absolute atomic E-state index is 12.7. The van der Waals surface area contributed by atoms with Gasteiger partial charge in [-0.15, -0.1) is 0 Å². The fourth-order valence-corrected chi connectivity index (χ4v) is 1.67. The van der Waals surface area contributed by atoms with Gasteiger partial charge in [0, 0.05) is 18.3 Å². The number of rotatable bonds is 0. The van der Waals surface area contributed by atoms with Crippen LogP contribution in [0, 0.1) is 5.41 Å². The first kappa shape index (κ1) is 7.73. The normalized spacial score (nSPS) is 27.6. The van der Waals surface area contributed by atoms with Gasteiger partial charge in [0.05, 0.1) is 13.2 Å². The standard InChI is InChI=1S/C8H9FO3/c9-7-5(10)1-8(2-6(7)11)3-12-4-8/h10H,1-4H2. The minimum absolute atomic E-state index is 0.170.